The minimum absolute atomic E-state index is 0.153. The smallest absolute Gasteiger partial charge is 0.326 e. The SMILES string of the molecule is O=C(O)C[C@@H](NC(=O)N1CCOCC1CO)C(=O)O. The quantitative estimate of drug-likeness (QED) is 0.470. The number of urea groups is 1. The lowest BCUT2D eigenvalue weighted by molar-refractivity contribution is -0.145. The second kappa shape index (κ2) is 6.90. The first kappa shape index (κ1) is 15.2. The summed E-state index contributed by atoms with van der Waals surface area (Å²) in [6.07, 6.45) is -0.713. The third-order valence-electron chi connectivity index (χ3n) is 2.67. The van der Waals surface area contributed by atoms with Crippen LogP contribution in [0.25, 0.3) is 0 Å². The maximum atomic E-state index is 11.9. The first-order valence-corrected chi connectivity index (χ1v) is 5.66. The third-order valence-corrected chi connectivity index (χ3v) is 2.67. The van der Waals surface area contributed by atoms with Crippen molar-refractivity contribution in [1.82, 2.24) is 10.2 Å². The number of hydrogen-bond acceptors (Lipinski definition) is 5. The zero-order chi connectivity index (χ0) is 14.4. The Labute approximate surface area is 108 Å². The van der Waals surface area contributed by atoms with Gasteiger partial charge < -0.3 is 30.3 Å². The van der Waals surface area contributed by atoms with Gasteiger partial charge in [-0.3, -0.25) is 4.79 Å². The molecule has 4 N–H and O–H groups in total. The van der Waals surface area contributed by atoms with Gasteiger partial charge in [0.1, 0.15) is 6.04 Å². The molecular formula is C10H16N2O7. The molecule has 2 atom stereocenters. The van der Waals surface area contributed by atoms with Crippen molar-refractivity contribution in [1.29, 1.82) is 0 Å². The number of aliphatic carboxylic acids is 2. The molecule has 19 heavy (non-hydrogen) atoms. The van der Waals surface area contributed by atoms with Gasteiger partial charge in [0.05, 0.1) is 32.3 Å². The molecule has 1 heterocycles. The average molecular weight is 276 g/mol. The molecule has 1 aliphatic rings. The number of rotatable bonds is 5. The molecule has 0 saturated carbocycles. The summed E-state index contributed by atoms with van der Waals surface area (Å²) in [6, 6.07) is -2.80. The van der Waals surface area contributed by atoms with E-state index in [2.05, 4.69) is 5.32 Å². The molecule has 0 aliphatic carbocycles. The lowest BCUT2D eigenvalue weighted by atomic mass is 10.2. The lowest BCUT2D eigenvalue weighted by Gasteiger charge is -2.35. The molecule has 1 fully saturated rings. The average Bonchev–Trinajstić information content (AvgIpc) is 2.37. The number of carbonyl (C=O) groups excluding carboxylic acids is 1. The van der Waals surface area contributed by atoms with Crippen LogP contribution in [0.4, 0.5) is 4.79 Å². The highest BCUT2D eigenvalue weighted by Crippen LogP contribution is 2.07. The van der Waals surface area contributed by atoms with Crippen LogP contribution in [0.15, 0.2) is 0 Å². The Morgan fingerprint density at radius 3 is 2.58 bits per heavy atom. The Morgan fingerprint density at radius 2 is 2.05 bits per heavy atom. The molecule has 0 aromatic rings. The minimum atomic E-state index is -1.51. The number of carbonyl (C=O) groups is 3. The van der Waals surface area contributed by atoms with Crippen molar-refractivity contribution in [3.8, 4) is 0 Å². The van der Waals surface area contributed by atoms with Crippen LogP contribution in [-0.4, -0.2) is 76.6 Å². The Hall–Kier alpha value is -1.87. The fourth-order valence-corrected chi connectivity index (χ4v) is 1.68. The van der Waals surface area contributed by atoms with Crippen LogP contribution in [0.1, 0.15) is 6.42 Å². The van der Waals surface area contributed by atoms with Gasteiger partial charge in [-0.25, -0.2) is 9.59 Å². The monoisotopic (exact) mass is 276 g/mol. The summed E-state index contributed by atoms with van der Waals surface area (Å²) in [5.41, 5.74) is 0. The Bertz CT molecular complexity index is 360. The van der Waals surface area contributed by atoms with Crippen molar-refractivity contribution in [3.63, 3.8) is 0 Å². The second-order valence-corrected chi connectivity index (χ2v) is 4.04. The Kier molecular flexibility index (Phi) is 5.52. The topological polar surface area (TPSA) is 136 Å². The predicted octanol–water partition coefficient (Wildman–Crippen LogP) is -1.68. The third kappa shape index (κ3) is 4.38. The van der Waals surface area contributed by atoms with Crippen LogP contribution in [0.2, 0.25) is 0 Å². The number of ether oxygens (including phenoxy) is 1. The maximum Gasteiger partial charge on any atom is 0.326 e. The summed E-state index contributed by atoms with van der Waals surface area (Å²) in [5.74, 6) is -2.75. The number of morpholine rings is 1. The molecule has 0 aromatic heterocycles. The maximum absolute atomic E-state index is 11.9. The van der Waals surface area contributed by atoms with Crippen molar-refractivity contribution in [3.05, 3.63) is 0 Å². The van der Waals surface area contributed by atoms with Gasteiger partial charge in [0.15, 0.2) is 0 Å². The number of carboxylic acid groups (broad SMARTS) is 2. The summed E-state index contributed by atoms with van der Waals surface area (Å²) < 4.78 is 5.08. The Morgan fingerprint density at radius 1 is 1.37 bits per heavy atom. The van der Waals surface area contributed by atoms with Crippen molar-refractivity contribution < 1.29 is 34.4 Å². The van der Waals surface area contributed by atoms with Crippen LogP contribution in [0.5, 0.6) is 0 Å². The van der Waals surface area contributed by atoms with Crippen LogP contribution in [0.3, 0.4) is 0 Å². The highest BCUT2D eigenvalue weighted by atomic mass is 16.5. The van der Waals surface area contributed by atoms with Crippen molar-refractivity contribution in [2.75, 3.05) is 26.4 Å². The second-order valence-electron chi connectivity index (χ2n) is 4.04. The number of nitrogens with one attached hydrogen (secondary N) is 1. The van der Waals surface area contributed by atoms with Gasteiger partial charge in [0, 0.05) is 6.54 Å². The van der Waals surface area contributed by atoms with E-state index in [1.54, 1.807) is 0 Å². The van der Waals surface area contributed by atoms with Crippen molar-refractivity contribution in [2.24, 2.45) is 0 Å². The van der Waals surface area contributed by atoms with E-state index >= 15 is 0 Å². The molecule has 1 aliphatic heterocycles. The van der Waals surface area contributed by atoms with E-state index in [4.69, 9.17) is 20.1 Å². The fourth-order valence-electron chi connectivity index (χ4n) is 1.68. The van der Waals surface area contributed by atoms with E-state index in [-0.39, 0.29) is 26.4 Å². The first-order chi connectivity index (χ1) is 8.95. The molecule has 0 spiro atoms. The molecule has 1 unspecified atom stereocenters. The van der Waals surface area contributed by atoms with Crippen LogP contribution < -0.4 is 5.32 Å². The van der Waals surface area contributed by atoms with Gasteiger partial charge in [-0.1, -0.05) is 0 Å². The normalized spacial score (nSPS) is 20.7. The van der Waals surface area contributed by atoms with Crippen LogP contribution in [-0.2, 0) is 14.3 Å². The predicted molar refractivity (Wildman–Crippen MR) is 60.6 cm³/mol. The standard InChI is InChI=1S/C10H16N2O7/c13-4-6-5-19-2-1-12(6)10(18)11-7(9(16)17)3-8(14)15/h6-7,13H,1-5H2,(H,11,18)(H,14,15)(H,16,17)/t6?,7-/m1/s1. The highest BCUT2D eigenvalue weighted by molar-refractivity contribution is 5.86. The molecule has 1 rings (SSSR count). The number of carboxylic acids is 2. The number of nitrogens with zero attached hydrogens (tertiary/aromatic N) is 1. The summed E-state index contributed by atoms with van der Waals surface area (Å²) in [6.45, 7) is 0.321. The van der Waals surface area contributed by atoms with Crippen LogP contribution >= 0.6 is 0 Å². The molecule has 108 valence electrons. The highest BCUT2D eigenvalue weighted by Gasteiger charge is 2.30. The van der Waals surface area contributed by atoms with E-state index in [0.29, 0.717) is 0 Å². The van der Waals surface area contributed by atoms with E-state index in [9.17, 15) is 14.4 Å². The molecular weight excluding hydrogens is 260 g/mol. The zero-order valence-electron chi connectivity index (χ0n) is 10.1. The Balaban J connectivity index is 2.64. The van der Waals surface area contributed by atoms with E-state index in [1.165, 1.54) is 4.90 Å². The van der Waals surface area contributed by atoms with Crippen LogP contribution in [0, 0.1) is 0 Å². The fraction of sp³-hybridized carbons (Fsp3) is 0.700. The number of amides is 2. The molecule has 9 nitrogen and oxygen atoms in total. The minimum Gasteiger partial charge on any atom is -0.481 e. The van der Waals surface area contributed by atoms with Gasteiger partial charge in [-0.05, 0) is 0 Å². The van der Waals surface area contributed by atoms with Crippen molar-refractivity contribution in [2.45, 2.75) is 18.5 Å². The summed E-state index contributed by atoms with van der Waals surface area (Å²) in [7, 11) is 0. The van der Waals surface area contributed by atoms with E-state index < -0.39 is 36.5 Å². The summed E-state index contributed by atoms with van der Waals surface area (Å²) in [4.78, 5) is 34.4. The van der Waals surface area contributed by atoms with E-state index in [1.807, 2.05) is 0 Å². The van der Waals surface area contributed by atoms with Gasteiger partial charge in [0.2, 0.25) is 0 Å². The largest absolute Gasteiger partial charge is 0.481 e. The number of hydrogen-bond donors (Lipinski definition) is 4. The van der Waals surface area contributed by atoms with Crippen molar-refractivity contribution >= 4 is 18.0 Å². The van der Waals surface area contributed by atoms with Gasteiger partial charge in [0.25, 0.3) is 0 Å². The first-order valence-electron chi connectivity index (χ1n) is 5.66. The number of aliphatic hydroxyl groups excluding tert-OH is 1. The zero-order valence-corrected chi connectivity index (χ0v) is 10.1. The van der Waals surface area contributed by atoms with E-state index in [0.717, 1.165) is 0 Å². The molecule has 9 heteroatoms. The molecule has 0 bridgehead atoms. The summed E-state index contributed by atoms with van der Waals surface area (Å²) >= 11 is 0. The molecule has 1 saturated heterocycles. The molecule has 0 radical (unpaired) electrons. The molecule has 2 amide bonds. The lowest BCUT2D eigenvalue weighted by Crippen LogP contribution is -2.56. The number of aliphatic hydroxyl groups is 1. The summed E-state index contributed by atoms with van der Waals surface area (Å²) in [5, 5.41) is 28.6. The van der Waals surface area contributed by atoms with Gasteiger partial charge in [-0.15, -0.1) is 0 Å². The van der Waals surface area contributed by atoms with Gasteiger partial charge in [-0.2, -0.15) is 0 Å². The van der Waals surface area contributed by atoms with Gasteiger partial charge >= 0.3 is 18.0 Å². The molecule has 0 aromatic carbocycles.